The van der Waals surface area contributed by atoms with Gasteiger partial charge in [0, 0.05) is 25.7 Å². The van der Waals surface area contributed by atoms with E-state index in [1.807, 2.05) is 6.92 Å². The maximum Gasteiger partial charge on any atom is 0.215 e. The first-order chi connectivity index (χ1) is 7.08. The monoisotopic (exact) mass is 234 g/mol. The van der Waals surface area contributed by atoms with Crippen molar-refractivity contribution in [2.45, 2.75) is 39.2 Å². The zero-order valence-electron chi connectivity index (χ0n) is 9.70. The highest BCUT2D eigenvalue weighted by molar-refractivity contribution is 7.89. The Balaban J connectivity index is 2.61. The van der Waals surface area contributed by atoms with E-state index in [0.717, 1.165) is 25.8 Å². The standard InChI is InChI=1S/C10H22N2O2S/c1-3-4-5-7-12-10(2)9-11-6-8-15(12,13)14/h10-11H,3-9H2,1-2H3. The molecule has 0 spiro atoms. The van der Waals surface area contributed by atoms with Gasteiger partial charge in [0.2, 0.25) is 10.0 Å². The Labute approximate surface area is 93.1 Å². The van der Waals surface area contributed by atoms with Gasteiger partial charge in [0.05, 0.1) is 5.75 Å². The zero-order valence-corrected chi connectivity index (χ0v) is 10.5. The van der Waals surface area contributed by atoms with Crippen molar-refractivity contribution in [3.05, 3.63) is 0 Å². The molecule has 1 heterocycles. The van der Waals surface area contributed by atoms with Crippen LogP contribution in [-0.2, 0) is 10.0 Å². The lowest BCUT2D eigenvalue weighted by Crippen LogP contribution is -2.41. The van der Waals surface area contributed by atoms with Gasteiger partial charge in [-0.15, -0.1) is 0 Å². The van der Waals surface area contributed by atoms with Gasteiger partial charge in [-0.2, -0.15) is 4.31 Å². The molecule has 1 N–H and O–H groups in total. The summed E-state index contributed by atoms with van der Waals surface area (Å²) in [6.45, 7) is 6.13. The number of nitrogens with zero attached hydrogens (tertiary/aromatic N) is 1. The van der Waals surface area contributed by atoms with Crippen LogP contribution in [-0.4, -0.2) is 44.2 Å². The number of sulfonamides is 1. The topological polar surface area (TPSA) is 49.4 Å². The fourth-order valence-corrected chi connectivity index (χ4v) is 3.55. The van der Waals surface area contributed by atoms with Gasteiger partial charge in [0.25, 0.3) is 0 Å². The van der Waals surface area contributed by atoms with Crippen molar-refractivity contribution in [2.75, 3.05) is 25.4 Å². The van der Waals surface area contributed by atoms with Crippen molar-refractivity contribution in [1.29, 1.82) is 0 Å². The molecule has 5 heteroatoms. The molecule has 1 aliphatic heterocycles. The van der Waals surface area contributed by atoms with Crippen LogP contribution in [0.4, 0.5) is 0 Å². The number of hydrogen-bond donors (Lipinski definition) is 1. The summed E-state index contributed by atoms with van der Waals surface area (Å²) in [5.41, 5.74) is 0. The number of hydrogen-bond acceptors (Lipinski definition) is 3. The first-order valence-electron chi connectivity index (χ1n) is 5.78. The van der Waals surface area contributed by atoms with Crippen LogP contribution in [0.1, 0.15) is 33.1 Å². The Hall–Kier alpha value is -0.130. The van der Waals surface area contributed by atoms with E-state index in [1.54, 1.807) is 4.31 Å². The quantitative estimate of drug-likeness (QED) is 0.732. The molecule has 0 saturated carbocycles. The third-order valence-electron chi connectivity index (χ3n) is 2.81. The SMILES string of the molecule is CCCCCN1C(C)CNCCS1(=O)=O. The molecule has 0 radical (unpaired) electrons. The average molecular weight is 234 g/mol. The molecule has 1 aliphatic rings. The summed E-state index contributed by atoms with van der Waals surface area (Å²) < 4.78 is 25.5. The van der Waals surface area contributed by atoms with Gasteiger partial charge in [0.1, 0.15) is 0 Å². The van der Waals surface area contributed by atoms with Crippen molar-refractivity contribution in [2.24, 2.45) is 0 Å². The summed E-state index contributed by atoms with van der Waals surface area (Å²) in [6, 6.07) is 0.0920. The van der Waals surface area contributed by atoms with Crippen molar-refractivity contribution < 1.29 is 8.42 Å². The second-order valence-electron chi connectivity index (χ2n) is 4.19. The second-order valence-corrected chi connectivity index (χ2v) is 6.23. The van der Waals surface area contributed by atoms with Gasteiger partial charge in [-0.05, 0) is 13.3 Å². The lowest BCUT2D eigenvalue weighted by molar-refractivity contribution is 0.331. The van der Waals surface area contributed by atoms with E-state index in [1.165, 1.54) is 0 Å². The molecule has 15 heavy (non-hydrogen) atoms. The van der Waals surface area contributed by atoms with Crippen LogP contribution in [0.15, 0.2) is 0 Å². The highest BCUT2D eigenvalue weighted by Crippen LogP contribution is 2.12. The van der Waals surface area contributed by atoms with Crippen molar-refractivity contribution in [3.8, 4) is 0 Å². The average Bonchev–Trinajstić information content (AvgIpc) is 2.29. The highest BCUT2D eigenvalue weighted by atomic mass is 32.2. The van der Waals surface area contributed by atoms with Crippen LogP contribution in [0.25, 0.3) is 0 Å². The number of nitrogens with one attached hydrogen (secondary N) is 1. The molecule has 0 aliphatic carbocycles. The third-order valence-corrected chi connectivity index (χ3v) is 4.78. The normalized spacial score (nSPS) is 27.5. The lowest BCUT2D eigenvalue weighted by Gasteiger charge is -2.25. The van der Waals surface area contributed by atoms with E-state index in [4.69, 9.17) is 0 Å². The fourth-order valence-electron chi connectivity index (χ4n) is 1.88. The maximum absolute atomic E-state index is 11.9. The maximum atomic E-state index is 11.9. The predicted molar refractivity (Wildman–Crippen MR) is 62.3 cm³/mol. The molecule has 0 aromatic heterocycles. The lowest BCUT2D eigenvalue weighted by atomic mass is 10.2. The van der Waals surface area contributed by atoms with Crippen molar-refractivity contribution in [1.82, 2.24) is 9.62 Å². The molecule has 1 saturated heterocycles. The molecule has 0 bridgehead atoms. The molecule has 0 aromatic rings. The minimum atomic E-state index is -3.02. The summed E-state index contributed by atoms with van der Waals surface area (Å²) in [5.74, 6) is 0.240. The van der Waals surface area contributed by atoms with E-state index in [9.17, 15) is 8.42 Å². The predicted octanol–water partition coefficient (Wildman–Crippen LogP) is 0.800. The van der Waals surface area contributed by atoms with Crippen LogP contribution in [0.2, 0.25) is 0 Å². The van der Waals surface area contributed by atoms with E-state index in [0.29, 0.717) is 13.1 Å². The van der Waals surface area contributed by atoms with Crippen molar-refractivity contribution in [3.63, 3.8) is 0 Å². The summed E-state index contributed by atoms with van der Waals surface area (Å²) in [7, 11) is -3.02. The Kier molecular flexibility index (Phi) is 5.02. The summed E-state index contributed by atoms with van der Waals surface area (Å²) >= 11 is 0. The van der Waals surface area contributed by atoms with Crippen molar-refractivity contribution >= 4 is 10.0 Å². The second kappa shape index (κ2) is 5.82. The fraction of sp³-hybridized carbons (Fsp3) is 1.00. The summed E-state index contributed by atoms with van der Waals surface area (Å²) in [4.78, 5) is 0. The summed E-state index contributed by atoms with van der Waals surface area (Å²) in [5, 5.41) is 3.15. The molecular formula is C10H22N2O2S. The Morgan fingerprint density at radius 2 is 2.13 bits per heavy atom. The van der Waals surface area contributed by atoms with Gasteiger partial charge in [-0.25, -0.2) is 8.42 Å². The Morgan fingerprint density at radius 3 is 2.80 bits per heavy atom. The van der Waals surface area contributed by atoms with Gasteiger partial charge < -0.3 is 5.32 Å². The van der Waals surface area contributed by atoms with Gasteiger partial charge in [0.15, 0.2) is 0 Å². The number of unbranched alkanes of at least 4 members (excludes halogenated alkanes) is 2. The van der Waals surface area contributed by atoms with E-state index in [2.05, 4.69) is 12.2 Å². The van der Waals surface area contributed by atoms with Gasteiger partial charge in [-0.1, -0.05) is 19.8 Å². The smallest absolute Gasteiger partial charge is 0.215 e. The minimum absolute atomic E-state index is 0.0920. The van der Waals surface area contributed by atoms with Crippen LogP contribution in [0.5, 0.6) is 0 Å². The molecule has 1 rings (SSSR count). The molecule has 1 atom stereocenters. The molecule has 0 amide bonds. The molecule has 1 unspecified atom stereocenters. The van der Waals surface area contributed by atoms with Crippen LogP contribution >= 0.6 is 0 Å². The van der Waals surface area contributed by atoms with Gasteiger partial charge in [-0.3, -0.25) is 0 Å². The molecule has 1 fully saturated rings. The molecule has 90 valence electrons. The molecule has 4 nitrogen and oxygen atoms in total. The summed E-state index contributed by atoms with van der Waals surface area (Å²) in [6.07, 6.45) is 3.20. The Morgan fingerprint density at radius 1 is 1.40 bits per heavy atom. The van der Waals surface area contributed by atoms with Crippen LogP contribution < -0.4 is 5.32 Å². The molecule has 0 aromatic carbocycles. The largest absolute Gasteiger partial charge is 0.314 e. The van der Waals surface area contributed by atoms with E-state index < -0.39 is 10.0 Å². The van der Waals surface area contributed by atoms with Gasteiger partial charge >= 0.3 is 0 Å². The minimum Gasteiger partial charge on any atom is -0.314 e. The number of rotatable bonds is 4. The Bertz CT molecular complexity index is 277. The zero-order chi connectivity index (χ0) is 11.3. The van der Waals surface area contributed by atoms with E-state index >= 15 is 0 Å². The molecular weight excluding hydrogens is 212 g/mol. The van der Waals surface area contributed by atoms with Crippen LogP contribution in [0, 0.1) is 0 Å². The third kappa shape index (κ3) is 3.74. The van der Waals surface area contributed by atoms with Crippen LogP contribution in [0.3, 0.4) is 0 Å². The first kappa shape index (κ1) is 12.9. The first-order valence-corrected chi connectivity index (χ1v) is 7.39. The van der Waals surface area contributed by atoms with E-state index in [-0.39, 0.29) is 11.8 Å². The highest BCUT2D eigenvalue weighted by Gasteiger charge is 2.28.